The quantitative estimate of drug-likeness (QED) is 0.577. The van der Waals surface area contributed by atoms with Crippen molar-refractivity contribution >= 4 is 0 Å². The summed E-state index contributed by atoms with van der Waals surface area (Å²) in [6.45, 7) is 1.77. The van der Waals surface area contributed by atoms with E-state index in [9.17, 15) is 0 Å². The smallest absolute Gasteiger partial charge is 0.218 e. The first kappa shape index (κ1) is 7.55. The molecule has 0 amide bonds. The molecule has 11 heavy (non-hydrogen) atoms. The molecule has 0 aromatic carbocycles. The molecule has 0 aliphatic carbocycles. The fourth-order valence-electron chi connectivity index (χ4n) is 0.531. The maximum atomic E-state index is 5.14. The van der Waals surface area contributed by atoms with E-state index in [1.54, 1.807) is 19.2 Å². The Morgan fingerprint density at radius 2 is 2.64 bits per heavy atom. The number of nitrogens with zero attached hydrogens (tertiary/aromatic N) is 2. The summed E-state index contributed by atoms with van der Waals surface area (Å²) in [5, 5.41) is 0. The highest BCUT2D eigenvalue weighted by atomic mass is 16.5. The van der Waals surface area contributed by atoms with E-state index in [4.69, 9.17) is 11.2 Å². The van der Waals surface area contributed by atoms with Gasteiger partial charge >= 0.3 is 0 Å². The zero-order valence-corrected chi connectivity index (χ0v) is 6.11. The first-order valence-corrected chi connectivity index (χ1v) is 3.15. The van der Waals surface area contributed by atoms with E-state index >= 15 is 0 Å². The van der Waals surface area contributed by atoms with Crippen LogP contribution in [0.2, 0.25) is 0 Å². The molecule has 1 radical (unpaired) electrons. The number of rotatable bonds is 2. The third-order valence-corrected chi connectivity index (χ3v) is 1.04. The molecule has 0 aliphatic rings. The van der Waals surface area contributed by atoms with Crippen LogP contribution in [-0.2, 0) is 0 Å². The number of terminal acetylenes is 1. The average Bonchev–Trinajstić information content (AvgIpc) is 2.06. The topological polar surface area (TPSA) is 35.0 Å². The molecule has 1 unspecified atom stereocenters. The second kappa shape index (κ2) is 3.57. The summed E-state index contributed by atoms with van der Waals surface area (Å²) in [6, 6.07) is 1.63. The van der Waals surface area contributed by atoms with Crippen LogP contribution in [0.1, 0.15) is 6.92 Å². The Hall–Kier alpha value is -1.56. The number of hydrogen-bond donors (Lipinski definition) is 0. The summed E-state index contributed by atoms with van der Waals surface area (Å²) in [4.78, 5) is 7.32. The van der Waals surface area contributed by atoms with Crippen molar-refractivity contribution in [3.63, 3.8) is 0 Å². The van der Waals surface area contributed by atoms with E-state index in [1.165, 1.54) is 0 Å². The molecule has 3 nitrogen and oxygen atoms in total. The summed E-state index contributed by atoms with van der Waals surface area (Å²) >= 11 is 0. The van der Waals surface area contributed by atoms with Gasteiger partial charge in [-0.1, -0.05) is 5.92 Å². The second-order valence-corrected chi connectivity index (χ2v) is 1.92. The minimum Gasteiger partial charge on any atom is -0.461 e. The number of aromatic nitrogens is 2. The van der Waals surface area contributed by atoms with Gasteiger partial charge in [-0.15, -0.1) is 6.42 Å². The van der Waals surface area contributed by atoms with Gasteiger partial charge in [-0.25, -0.2) is 4.98 Å². The van der Waals surface area contributed by atoms with Crippen LogP contribution < -0.4 is 4.74 Å². The predicted molar refractivity (Wildman–Crippen MR) is 39.8 cm³/mol. The van der Waals surface area contributed by atoms with Crippen LogP contribution in [0.15, 0.2) is 12.3 Å². The summed E-state index contributed by atoms with van der Waals surface area (Å²) < 4.78 is 5.14. The van der Waals surface area contributed by atoms with Gasteiger partial charge in [0.2, 0.25) is 12.2 Å². The first-order chi connectivity index (χ1) is 5.33. The molecule has 0 bridgehead atoms. The van der Waals surface area contributed by atoms with Crippen molar-refractivity contribution in [2.45, 2.75) is 13.0 Å². The molecule has 0 saturated carbocycles. The minimum atomic E-state index is -0.265. The Morgan fingerprint density at radius 1 is 1.82 bits per heavy atom. The lowest BCUT2D eigenvalue weighted by atomic mass is 10.4. The summed E-state index contributed by atoms with van der Waals surface area (Å²) in [7, 11) is 0. The molecule has 3 heteroatoms. The van der Waals surface area contributed by atoms with Gasteiger partial charge in [-0.3, -0.25) is 0 Å². The SMILES string of the molecule is C#CC(C)Oc1ccn[c]n1. The van der Waals surface area contributed by atoms with E-state index in [0.29, 0.717) is 5.88 Å². The second-order valence-electron chi connectivity index (χ2n) is 1.92. The molecule has 0 N–H and O–H groups in total. The first-order valence-electron chi connectivity index (χ1n) is 3.15. The van der Waals surface area contributed by atoms with Crippen LogP contribution in [0, 0.1) is 18.7 Å². The van der Waals surface area contributed by atoms with E-state index in [0.717, 1.165) is 0 Å². The van der Waals surface area contributed by atoms with E-state index in [-0.39, 0.29) is 6.10 Å². The maximum Gasteiger partial charge on any atom is 0.218 e. The van der Waals surface area contributed by atoms with Gasteiger partial charge in [-0.2, -0.15) is 4.98 Å². The Bertz CT molecular complexity index is 253. The summed E-state index contributed by atoms with van der Waals surface area (Å²) in [6.07, 6.45) is 8.77. The van der Waals surface area contributed by atoms with Gasteiger partial charge in [-0.05, 0) is 6.92 Å². The van der Waals surface area contributed by atoms with E-state index in [1.807, 2.05) is 0 Å². The van der Waals surface area contributed by atoms with Crippen LogP contribution in [0.4, 0.5) is 0 Å². The Kier molecular flexibility index (Phi) is 2.45. The lowest BCUT2D eigenvalue weighted by molar-refractivity contribution is 0.267. The molecular weight excluding hydrogens is 140 g/mol. The molecule has 1 atom stereocenters. The standard InChI is InChI=1S/C8H7N2O/c1-3-7(2)11-8-4-5-9-6-10-8/h1,4-5,7H,2H3. The number of ether oxygens (including phenoxy) is 1. The van der Waals surface area contributed by atoms with Crippen molar-refractivity contribution < 1.29 is 4.74 Å². The molecule has 0 saturated heterocycles. The van der Waals surface area contributed by atoms with Crippen LogP contribution in [-0.4, -0.2) is 16.1 Å². The molecule has 55 valence electrons. The molecule has 1 aromatic heterocycles. The summed E-state index contributed by atoms with van der Waals surface area (Å²) in [5.74, 6) is 2.87. The van der Waals surface area contributed by atoms with E-state index in [2.05, 4.69) is 22.2 Å². The lowest BCUT2D eigenvalue weighted by Crippen LogP contribution is -2.09. The number of hydrogen-bond acceptors (Lipinski definition) is 3. The zero-order chi connectivity index (χ0) is 8.10. The molecule has 0 spiro atoms. The largest absolute Gasteiger partial charge is 0.461 e. The normalized spacial score (nSPS) is 11.6. The lowest BCUT2D eigenvalue weighted by Gasteiger charge is -2.05. The van der Waals surface area contributed by atoms with Crippen LogP contribution in [0.5, 0.6) is 5.88 Å². The minimum absolute atomic E-state index is 0.265. The molecular formula is C8H7N2O. The van der Waals surface area contributed by atoms with Gasteiger partial charge < -0.3 is 4.74 Å². The predicted octanol–water partition coefficient (Wildman–Crippen LogP) is 0.677. The third-order valence-electron chi connectivity index (χ3n) is 1.04. The highest BCUT2D eigenvalue weighted by molar-refractivity contribution is 5.07. The van der Waals surface area contributed by atoms with Crippen molar-refractivity contribution in [3.05, 3.63) is 18.6 Å². The molecule has 1 rings (SSSR count). The Balaban J connectivity index is 2.60. The summed E-state index contributed by atoms with van der Waals surface area (Å²) in [5.41, 5.74) is 0. The molecule has 1 heterocycles. The highest BCUT2D eigenvalue weighted by Gasteiger charge is 1.98. The monoisotopic (exact) mass is 147 g/mol. The fraction of sp³-hybridized carbons (Fsp3) is 0.250. The molecule has 0 fully saturated rings. The van der Waals surface area contributed by atoms with E-state index < -0.39 is 0 Å². The van der Waals surface area contributed by atoms with Crippen molar-refractivity contribution in [2.24, 2.45) is 0 Å². The van der Waals surface area contributed by atoms with Crippen LogP contribution in [0.25, 0.3) is 0 Å². The van der Waals surface area contributed by atoms with Crippen LogP contribution in [0.3, 0.4) is 0 Å². The maximum absolute atomic E-state index is 5.14. The van der Waals surface area contributed by atoms with Crippen molar-refractivity contribution in [1.29, 1.82) is 0 Å². The third kappa shape index (κ3) is 2.26. The fourth-order valence-corrected chi connectivity index (χ4v) is 0.531. The Morgan fingerprint density at radius 3 is 3.18 bits per heavy atom. The molecule has 1 aromatic rings. The van der Waals surface area contributed by atoms with Gasteiger partial charge in [0.15, 0.2) is 6.10 Å². The van der Waals surface area contributed by atoms with Crippen LogP contribution >= 0.6 is 0 Å². The zero-order valence-electron chi connectivity index (χ0n) is 6.11. The van der Waals surface area contributed by atoms with Gasteiger partial charge in [0.1, 0.15) is 0 Å². The molecule has 0 aliphatic heterocycles. The van der Waals surface area contributed by atoms with Crippen molar-refractivity contribution in [3.8, 4) is 18.2 Å². The highest BCUT2D eigenvalue weighted by Crippen LogP contribution is 2.03. The Labute approximate surface area is 65.4 Å². The van der Waals surface area contributed by atoms with Gasteiger partial charge in [0, 0.05) is 12.3 Å². The van der Waals surface area contributed by atoms with Gasteiger partial charge in [0.05, 0.1) is 0 Å². The van der Waals surface area contributed by atoms with Crippen molar-refractivity contribution in [1.82, 2.24) is 9.97 Å². The van der Waals surface area contributed by atoms with Crippen molar-refractivity contribution in [2.75, 3.05) is 0 Å². The average molecular weight is 147 g/mol. The van der Waals surface area contributed by atoms with Gasteiger partial charge in [0.25, 0.3) is 0 Å².